The maximum absolute atomic E-state index is 11.2. The predicted molar refractivity (Wildman–Crippen MR) is 64.0 cm³/mol. The lowest BCUT2D eigenvalue weighted by molar-refractivity contribution is -0.124. The fourth-order valence-electron chi connectivity index (χ4n) is 1.06. The minimum absolute atomic E-state index is 0.00976. The smallest absolute Gasteiger partial charge is 0.222 e. The zero-order chi connectivity index (χ0) is 12.4. The van der Waals surface area contributed by atoms with Gasteiger partial charge >= 0.3 is 0 Å². The lowest BCUT2D eigenvalue weighted by atomic mass is 10.2. The van der Waals surface area contributed by atoms with E-state index in [-0.39, 0.29) is 17.7 Å². The van der Waals surface area contributed by atoms with Crippen LogP contribution in [0, 0.1) is 5.92 Å². The van der Waals surface area contributed by atoms with Crippen LogP contribution in [0.1, 0.15) is 27.2 Å². The van der Waals surface area contributed by atoms with E-state index in [1.165, 1.54) is 0 Å². The van der Waals surface area contributed by atoms with Gasteiger partial charge in [0.2, 0.25) is 11.8 Å². The van der Waals surface area contributed by atoms with Gasteiger partial charge in [0.15, 0.2) is 0 Å². The molecule has 0 fully saturated rings. The Morgan fingerprint density at radius 3 is 2.25 bits per heavy atom. The Hall–Kier alpha value is -1.10. The second kappa shape index (κ2) is 9.15. The molecule has 0 radical (unpaired) electrons. The van der Waals surface area contributed by atoms with Crippen LogP contribution >= 0.6 is 0 Å². The highest BCUT2D eigenvalue weighted by molar-refractivity contribution is 5.78. The van der Waals surface area contributed by atoms with Crippen molar-refractivity contribution >= 4 is 11.8 Å². The summed E-state index contributed by atoms with van der Waals surface area (Å²) in [6.07, 6.45) is 0.478. The SMILES string of the molecule is CCNCCC(=O)NCCNC(=O)C(C)C. The van der Waals surface area contributed by atoms with Gasteiger partial charge in [0.1, 0.15) is 0 Å². The second-order valence-electron chi connectivity index (χ2n) is 3.90. The first-order valence-corrected chi connectivity index (χ1v) is 5.83. The number of carbonyl (C=O) groups excluding carboxylic acids is 2. The third kappa shape index (κ3) is 8.23. The molecule has 0 heterocycles. The van der Waals surface area contributed by atoms with E-state index in [1.807, 2.05) is 20.8 Å². The van der Waals surface area contributed by atoms with Crippen molar-refractivity contribution in [3.05, 3.63) is 0 Å². The molecule has 94 valence electrons. The van der Waals surface area contributed by atoms with Gasteiger partial charge in [0.05, 0.1) is 0 Å². The first-order valence-electron chi connectivity index (χ1n) is 5.83. The van der Waals surface area contributed by atoms with Gasteiger partial charge in [-0.15, -0.1) is 0 Å². The molecule has 0 aliphatic rings. The van der Waals surface area contributed by atoms with E-state index in [2.05, 4.69) is 16.0 Å². The lowest BCUT2D eigenvalue weighted by Crippen LogP contribution is -2.37. The normalized spacial score (nSPS) is 10.2. The number of rotatable bonds is 8. The molecule has 5 nitrogen and oxygen atoms in total. The molecule has 0 aromatic heterocycles. The number of hydrogen-bond acceptors (Lipinski definition) is 3. The van der Waals surface area contributed by atoms with Crippen molar-refractivity contribution in [1.82, 2.24) is 16.0 Å². The van der Waals surface area contributed by atoms with E-state index in [0.717, 1.165) is 6.54 Å². The molecule has 3 N–H and O–H groups in total. The molecule has 0 bridgehead atoms. The highest BCUT2D eigenvalue weighted by Crippen LogP contribution is 1.88. The third-order valence-electron chi connectivity index (χ3n) is 2.05. The molecule has 0 aliphatic carbocycles. The average Bonchev–Trinajstić information content (AvgIpc) is 2.24. The Morgan fingerprint density at radius 2 is 1.69 bits per heavy atom. The Balaban J connectivity index is 3.37. The van der Waals surface area contributed by atoms with Crippen LogP contribution in [-0.4, -0.2) is 38.0 Å². The minimum Gasteiger partial charge on any atom is -0.354 e. The summed E-state index contributed by atoms with van der Waals surface area (Å²) in [6, 6.07) is 0. The van der Waals surface area contributed by atoms with Gasteiger partial charge in [-0.05, 0) is 6.54 Å². The Kier molecular flexibility index (Phi) is 8.52. The molecular formula is C11H23N3O2. The third-order valence-corrected chi connectivity index (χ3v) is 2.05. The Morgan fingerprint density at radius 1 is 1.06 bits per heavy atom. The van der Waals surface area contributed by atoms with Crippen LogP contribution < -0.4 is 16.0 Å². The van der Waals surface area contributed by atoms with E-state index in [1.54, 1.807) is 0 Å². The van der Waals surface area contributed by atoms with E-state index in [4.69, 9.17) is 0 Å². The van der Waals surface area contributed by atoms with Gasteiger partial charge < -0.3 is 16.0 Å². The number of nitrogens with one attached hydrogen (secondary N) is 3. The molecule has 0 unspecified atom stereocenters. The van der Waals surface area contributed by atoms with Gasteiger partial charge in [0, 0.05) is 32.0 Å². The molecule has 0 rings (SSSR count). The summed E-state index contributed by atoms with van der Waals surface area (Å²) >= 11 is 0. The van der Waals surface area contributed by atoms with Crippen molar-refractivity contribution in [2.24, 2.45) is 5.92 Å². The standard InChI is InChI=1S/C11H23N3O2/c1-4-12-6-5-10(15)13-7-8-14-11(16)9(2)3/h9,12H,4-8H2,1-3H3,(H,13,15)(H,14,16). The zero-order valence-electron chi connectivity index (χ0n) is 10.4. The largest absolute Gasteiger partial charge is 0.354 e. The van der Waals surface area contributed by atoms with Crippen molar-refractivity contribution in [2.75, 3.05) is 26.2 Å². The molecule has 2 amide bonds. The number of hydrogen-bond donors (Lipinski definition) is 3. The number of carbonyl (C=O) groups is 2. The summed E-state index contributed by atoms with van der Waals surface area (Å²) in [5.74, 6) is 0.0195. The van der Waals surface area contributed by atoms with Crippen molar-refractivity contribution in [1.29, 1.82) is 0 Å². The molecule has 0 atom stereocenters. The summed E-state index contributed by atoms with van der Waals surface area (Å²) in [5, 5.41) is 8.55. The zero-order valence-corrected chi connectivity index (χ0v) is 10.4. The van der Waals surface area contributed by atoms with Crippen LogP contribution in [0.3, 0.4) is 0 Å². The average molecular weight is 229 g/mol. The molecule has 16 heavy (non-hydrogen) atoms. The molecular weight excluding hydrogens is 206 g/mol. The fraction of sp³-hybridized carbons (Fsp3) is 0.818. The van der Waals surface area contributed by atoms with Crippen LogP contribution in [-0.2, 0) is 9.59 Å². The van der Waals surface area contributed by atoms with Gasteiger partial charge in [-0.25, -0.2) is 0 Å². The van der Waals surface area contributed by atoms with Crippen LogP contribution in [0.25, 0.3) is 0 Å². The first-order chi connectivity index (χ1) is 7.57. The maximum Gasteiger partial charge on any atom is 0.222 e. The van der Waals surface area contributed by atoms with E-state index >= 15 is 0 Å². The van der Waals surface area contributed by atoms with Gasteiger partial charge in [0.25, 0.3) is 0 Å². The van der Waals surface area contributed by atoms with Crippen molar-refractivity contribution < 1.29 is 9.59 Å². The quantitative estimate of drug-likeness (QED) is 0.508. The first kappa shape index (κ1) is 14.9. The highest BCUT2D eigenvalue weighted by atomic mass is 16.2. The van der Waals surface area contributed by atoms with Crippen molar-refractivity contribution in [3.8, 4) is 0 Å². The van der Waals surface area contributed by atoms with Gasteiger partial charge in [-0.2, -0.15) is 0 Å². The predicted octanol–water partition coefficient (Wildman–Crippen LogP) is -0.126. The molecule has 0 saturated heterocycles. The van der Waals surface area contributed by atoms with Crippen molar-refractivity contribution in [2.45, 2.75) is 27.2 Å². The summed E-state index contributed by atoms with van der Waals surface area (Å²) < 4.78 is 0. The summed E-state index contributed by atoms with van der Waals surface area (Å²) in [5.41, 5.74) is 0. The van der Waals surface area contributed by atoms with Crippen LogP contribution in [0.4, 0.5) is 0 Å². The lowest BCUT2D eigenvalue weighted by Gasteiger charge is -2.08. The van der Waals surface area contributed by atoms with Crippen molar-refractivity contribution in [3.63, 3.8) is 0 Å². The van der Waals surface area contributed by atoms with E-state index in [9.17, 15) is 9.59 Å². The molecule has 0 aromatic rings. The van der Waals surface area contributed by atoms with Gasteiger partial charge in [-0.1, -0.05) is 20.8 Å². The minimum atomic E-state index is -0.00976. The molecule has 0 spiro atoms. The molecule has 0 aliphatic heterocycles. The van der Waals surface area contributed by atoms with Crippen LogP contribution in [0.5, 0.6) is 0 Å². The van der Waals surface area contributed by atoms with E-state index < -0.39 is 0 Å². The summed E-state index contributed by atoms with van der Waals surface area (Å²) in [7, 11) is 0. The van der Waals surface area contributed by atoms with Crippen LogP contribution in [0.15, 0.2) is 0 Å². The maximum atomic E-state index is 11.2. The monoisotopic (exact) mass is 229 g/mol. The van der Waals surface area contributed by atoms with Gasteiger partial charge in [-0.3, -0.25) is 9.59 Å². The topological polar surface area (TPSA) is 70.2 Å². The van der Waals surface area contributed by atoms with E-state index in [0.29, 0.717) is 26.1 Å². The van der Waals surface area contributed by atoms with Crippen LogP contribution in [0.2, 0.25) is 0 Å². The summed E-state index contributed by atoms with van der Waals surface area (Å²) in [4.78, 5) is 22.4. The fourth-order valence-corrected chi connectivity index (χ4v) is 1.06. The second-order valence-corrected chi connectivity index (χ2v) is 3.90. The molecule has 0 aromatic carbocycles. The summed E-state index contributed by atoms with van der Waals surface area (Å²) in [6.45, 7) is 8.22. The Bertz CT molecular complexity index is 217. The number of amides is 2. The molecule has 0 saturated carbocycles. The Labute approximate surface area is 97.4 Å². The highest BCUT2D eigenvalue weighted by Gasteiger charge is 2.05. The molecule has 5 heteroatoms.